The van der Waals surface area contributed by atoms with E-state index in [1.54, 1.807) is 27.6 Å². The molecule has 0 amide bonds. The van der Waals surface area contributed by atoms with Crippen LogP contribution in [0.4, 0.5) is 0 Å². The number of unbranched alkanes of at least 4 members (excludes halogenated alkanes) is 5. The summed E-state index contributed by atoms with van der Waals surface area (Å²) in [5.74, 6) is 4.01. The second-order valence-electron chi connectivity index (χ2n) is 32.0. The van der Waals surface area contributed by atoms with Crippen LogP contribution in [0.2, 0.25) is 0 Å². The minimum Gasteiger partial charge on any atom is -0.611 e. The molecule has 0 radical (unpaired) electrons. The molecule has 91 heavy (non-hydrogen) atoms. The summed E-state index contributed by atoms with van der Waals surface area (Å²) in [5, 5.41) is 32.3. The highest BCUT2D eigenvalue weighted by molar-refractivity contribution is 8.00. The van der Waals surface area contributed by atoms with Crippen LogP contribution >= 0.6 is 11.8 Å². The number of carbonyl (C=O) groups is 1. The second-order valence-corrected chi connectivity index (χ2v) is 34.7. The first-order valence-electron chi connectivity index (χ1n) is 37.8. The molecule has 18 rings (SSSR count). The summed E-state index contributed by atoms with van der Waals surface area (Å²) in [4.78, 5) is 30.1. The molecule has 2 aromatic heterocycles. The lowest BCUT2D eigenvalue weighted by Crippen LogP contribution is -2.35. The fourth-order valence-electron chi connectivity index (χ4n) is 23.5. The number of pyridine rings is 2. The number of hydrogen-bond acceptors (Lipinski definition) is 5. The molecule has 2 saturated carbocycles. The van der Waals surface area contributed by atoms with Crippen molar-refractivity contribution in [3.05, 3.63) is 80.0 Å². The van der Waals surface area contributed by atoms with Gasteiger partial charge >= 0.3 is 5.97 Å². The third kappa shape index (κ3) is 8.10. The van der Waals surface area contributed by atoms with Gasteiger partial charge < -0.3 is 9.66 Å². The predicted octanol–water partition coefficient (Wildman–Crippen LogP) is 24.6. The molecule has 0 bridgehead atoms. The van der Waals surface area contributed by atoms with E-state index in [0.717, 1.165) is 78.3 Å². The lowest BCUT2D eigenvalue weighted by molar-refractivity contribution is 0.0694. The summed E-state index contributed by atoms with van der Waals surface area (Å²) in [6, 6.07) is 10.4. The predicted molar refractivity (Wildman–Crippen MR) is 386 cm³/mol. The normalized spacial score (nSPS) is 28.0. The van der Waals surface area contributed by atoms with Gasteiger partial charge in [-0.05, 0) is 203 Å². The molecule has 8 aliphatic rings. The molecule has 1 N–H and O–H groups in total. The van der Waals surface area contributed by atoms with E-state index in [0.29, 0.717) is 64.1 Å². The summed E-state index contributed by atoms with van der Waals surface area (Å²) in [6.07, 6.45) is 33.5. The lowest BCUT2D eigenvalue weighted by Gasteiger charge is -2.49. The van der Waals surface area contributed by atoms with Crippen molar-refractivity contribution in [3.8, 4) is 0 Å². The summed E-state index contributed by atoms with van der Waals surface area (Å²) in [7, 11) is 0. The van der Waals surface area contributed by atoms with E-state index >= 15 is 4.55 Å². The summed E-state index contributed by atoms with van der Waals surface area (Å²) in [5.41, 5.74) is 16.8. The zero-order chi connectivity index (χ0) is 61.7. The lowest BCUT2D eigenvalue weighted by atomic mass is 9.55. The van der Waals surface area contributed by atoms with E-state index in [2.05, 4.69) is 91.4 Å². The maximum Gasteiger partial charge on any atom is 0.336 e. The van der Waals surface area contributed by atoms with Crippen LogP contribution < -0.4 is 0 Å². The SMILES string of the molecule is CCCCCC1CCC2Sc3c(c4c5c6c7c(c(C(=O)O)cc6c6c8nc9c(c%10cc%11c%12c%13c%14c%15c(cc(CC(CCC)CCCC)cc%15nc%15c3c5c6c(c%15%14)c%12c%108)C3CC(CCC)CC(C%11)C%133)C(CCCCC)CC9CCC)C(CCC)CC(C)C7[S+]4[O-])C2C1. The Morgan fingerprint density at radius 1 is 0.582 bits per heavy atom. The van der Waals surface area contributed by atoms with Gasteiger partial charge in [-0.1, -0.05) is 170 Å². The van der Waals surface area contributed by atoms with Crippen molar-refractivity contribution in [2.45, 2.75) is 291 Å². The van der Waals surface area contributed by atoms with E-state index < -0.39 is 17.1 Å². The first-order chi connectivity index (χ1) is 44.5. The monoisotopic (exact) mass is 1250 g/mol. The van der Waals surface area contributed by atoms with E-state index in [4.69, 9.17) is 9.97 Å². The van der Waals surface area contributed by atoms with Gasteiger partial charge in [0.2, 0.25) is 0 Å². The molecule has 14 unspecified atom stereocenters. The van der Waals surface area contributed by atoms with Crippen LogP contribution in [0.1, 0.15) is 324 Å². The van der Waals surface area contributed by atoms with Crippen molar-refractivity contribution in [2.24, 2.45) is 29.6 Å². The first-order valence-corrected chi connectivity index (χ1v) is 39.9. The molecule has 4 heterocycles. The Kier molecular flexibility index (Phi) is 14.4. The van der Waals surface area contributed by atoms with E-state index in [1.807, 2.05) is 0 Å². The maximum atomic E-state index is 17.2. The van der Waals surface area contributed by atoms with Crippen molar-refractivity contribution < 1.29 is 14.5 Å². The van der Waals surface area contributed by atoms with Crippen molar-refractivity contribution in [2.75, 3.05) is 0 Å². The van der Waals surface area contributed by atoms with E-state index in [-0.39, 0.29) is 17.1 Å². The largest absolute Gasteiger partial charge is 0.611 e. The number of rotatable bonds is 22. The number of carboxylic acids is 1. The molecule has 14 atom stereocenters. The summed E-state index contributed by atoms with van der Waals surface area (Å²) < 4.78 is 17.2. The molecule has 7 heteroatoms. The van der Waals surface area contributed by atoms with Gasteiger partial charge in [0.15, 0.2) is 4.90 Å². The Bertz CT molecular complexity index is 4640. The Hall–Kier alpha value is -4.69. The number of aromatic carboxylic acids is 1. The van der Waals surface area contributed by atoms with Crippen molar-refractivity contribution in [1.29, 1.82) is 0 Å². The Morgan fingerprint density at radius 2 is 1.31 bits per heavy atom. The maximum absolute atomic E-state index is 17.2. The third-order valence-electron chi connectivity index (χ3n) is 26.6. The average molecular weight is 1250 g/mol. The molecule has 0 saturated heterocycles. The number of benzene rings is 8. The van der Waals surface area contributed by atoms with Crippen LogP contribution in [-0.2, 0) is 24.0 Å². The van der Waals surface area contributed by atoms with E-state index in [9.17, 15) is 9.90 Å². The molecule has 8 aromatic carbocycles. The number of thioether (sulfide) groups is 1. The Balaban J connectivity index is 1.09. The van der Waals surface area contributed by atoms with Crippen LogP contribution in [0.25, 0.3) is 97.3 Å². The van der Waals surface area contributed by atoms with Crippen molar-refractivity contribution >= 4 is 126 Å². The second kappa shape index (κ2) is 22.2. The highest BCUT2D eigenvalue weighted by atomic mass is 32.2. The third-order valence-corrected chi connectivity index (χ3v) is 30.1. The van der Waals surface area contributed by atoms with Gasteiger partial charge in [0.05, 0.1) is 22.1 Å². The highest BCUT2D eigenvalue weighted by Crippen LogP contribution is 2.71. The quantitative estimate of drug-likeness (QED) is 0.0315. The van der Waals surface area contributed by atoms with Crippen LogP contribution in [0.5, 0.6) is 0 Å². The van der Waals surface area contributed by atoms with Gasteiger partial charge in [-0.15, -0.1) is 11.8 Å². The molecular formula is C84H98N2O3S2. The van der Waals surface area contributed by atoms with Gasteiger partial charge in [-0.25, -0.2) is 9.78 Å². The number of carboxylic acid groups (broad SMARTS) is 1. The van der Waals surface area contributed by atoms with Gasteiger partial charge in [0.25, 0.3) is 0 Å². The van der Waals surface area contributed by atoms with Crippen LogP contribution in [0.15, 0.2) is 34.1 Å². The fraction of sp³-hybridized carbons (Fsp3) is 0.583. The van der Waals surface area contributed by atoms with Gasteiger partial charge in [0.1, 0.15) is 5.25 Å². The zero-order valence-electron chi connectivity index (χ0n) is 56.1. The minimum atomic E-state index is -1.41. The molecule has 5 nitrogen and oxygen atoms in total. The molecule has 10 aromatic rings. The molecule has 6 aliphatic carbocycles. The smallest absolute Gasteiger partial charge is 0.336 e. The van der Waals surface area contributed by atoms with Crippen LogP contribution in [-0.4, -0.2) is 30.8 Å². The molecule has 2 aliphatic heterocycles. The standard InChI is InChI=1S/C84H98N2O3S2/c1-9-16-19-26-43-28-29-58-53(33-43)67-81(90-58)77-73-71-66(55-40-56(84(87)88)59-46(23-14-6)30-41(8)82-75(59)64(55)76(73)83(67)91(82)89)79-65-54(61-47(27-20-17-10-2)37-48(24-15-7)78(61)86-79)39-50-38-49-32-44(22-13-5)34-51-52-35-45(31-42(21-12-4)25-18-11-3)36-57-63(52)70-68(60(49)51)62(50)69(65)72(71)74(70)80(77)85-57/h35-36,39-44,46-49,51,53,58,60,82H,9-34,37-38H2,1-8H3,(H,87,88). The van der Waals surface area contributed by atoms with Crippen LogP contribution in [0, 0.1) is 29.6 Å². The van der Waals surface area contributed by atoms with Crippen molar-refractivity contribution in [3.63, 3.8) is 0 Å². The number of fused-ring (bicyclic) bond motifs is 11. The van der Waals surface area contributed by atoms with Crippen molar-refractivity contribution in [1.82, 2.24) is 9.97 Å². The van der Waals surface area contributed by atoms with Gasteiger partial charge in [0, 0.05) is 104 Å². The van der Waals surface area contributed by atoms with Gasteiger partial charge in [-0.3, -0.25) is 4.98 Å². The minimum absolute atomic E-state index is 0.0855. The zero-order valence-corrected chi connectivity index (χ0v) is 57.7. The Morgan fingerprint density at radius 3 is 2.09 bits per heavy atom. The molecular weight excluding hydrogens is 1150 g/mol. The van der Waals surface area contributed by atoms with Crippen LogP contribution in [0.3, 0.4) is 0 Å². The Labute approximate surface area is 547 Å². The van der Waals surface area contributed by atoms with E-state index in [1.165, 1.54) is 231 Å². The average Bonchev–Trinajstić information content (AvgIpc) is 1.34. The number of hydrogen-bond donors (Lipinski definition) is 1. The number of nitrogens with zero attached hydrogens (tertiary/aromatic N) is 2. The summed E-state index contributed by atoms with van der Waals surface area (Å²) >= 11 is 0.770. The number of aromatic nitrogens is 2. The van der Waals surface area contributed by atoms with Gasteiger partial charge in [-0.2, -0.15) is 0 Å². The topological polar surface area (TPSA) is 86.1 Å². The highest BCUT2D eigenvalue weighted by Gasteiger charge is 2.55. The molecule has 0 spiro atoms. The first kappa shape index (κ1) is 58.9. The molecule has 474 valence electrons. The fourth-order valence-corrected chi connectivity index (χ4v) is 27.3. The summed E-state index contributed by atoms with van der Waals surface area (Å²) in [6.45, 7) is 18.9. The molecule has 2 fully saturated rings.